The molecule has 1 heterocycles. The molecule has 0 radical (unpaired) electrons. The molecule has 0 atom stereocenters. The number of hydrogen-bond donors (Lipinski definition) is 1. The average Bonchev–Trinajstić information content (AvgIpc) is 2.88. The molecule has 0 saturated heterocycles. The minimum atomic E-state index is -0.143. The zero-order valence-electron chi connectivity index (χ0n) is 10.4. The summed E-state index contributed by atoms with van der Waals surface area (Å²) in [6.07, 6.45) is 6.36. The van der Waals surface area contributed by atoms with Crippen molar-refractivity contribution in [3.63, 3.8) is 0 Å². The van der Waals surface area contributed by atoms with Crippen LogP contribution < -0.4 is 10.5 Å². The quantitative estimate of drug-likeness (QED) is 0.900. The Morgan fingerprint density at radius 2 is 2.06 bits per heavy atom. The van der Waals surface area contributed by atoms with Crippen LogP contribution in [0.5, 0.6) is 5.75 Å². The highest BCUT2D eigenvalue weighted by Gasteiger charge is 2.34. The van der Waals surface area contributed by atoms with E-state index in [9.17, 15) is 0 Å². The molecule has 0 aliphatic heterocycles. The maximum Gasteiger partial charge on any atom is 0.121 e. The van der Waals surface area contributed by atoms with Crippen LogP contribution in [0.25, 0.3) is 10.9 Å². The molecule has 3 nitrogen and oxygen atoms in total. The van der Waals surface area contributed by atoms with Gasteiger partial charge in [0.25, 0.3) is 0 Å². The summed E-state index contributed by atoms with van der Waals surface area (Å²) in [5, 5.41) is 1.11. The second-order valence-corrected chi connectivity index (χ2v) is 5.05. The Morgan fingerprint density at radius 1 is 1.22 bits per heavy atom. The maximum atomic E-state index is 6.17. The summed E-state index contributed by atoms with van der Waals surface area (Å²) in [6, 6.07) is 10.0. The van der Waals surface area contributed by atoms with Crippen LogP contribution in [0.1, 0.15) is 25.7 Å². The number of fused-ring (bicyclic) bond motifs is 1. The van der Waals surface area contributed by atoms with Crippen molar-refractivity contribution in [3.05, 3.63) is 36.5 Å². The van der Waals surface area contributed by atoms with Crippen LogP contribution in [0.3, 0.4) is 0 Å². The fourth-order valence-corrected chi connectivity index (χ4v) is 2.73. The van der Waals surface area contributed by atoms with Crippen molar-refractivity contribution < 1.29 is 4.74 Å². The van der Waals surface area contributed by atoms with Crippen molar-refractivity contribution in [1.82, 2.24) is 4.98 Å². The van der Waals surface area contributed by atoms with Crippen LogP contribution in [0.4, 0.5) is 0 Å². The smallest absolute Gasteiger partial charge is 0.121 e. The molecule has 0 spiro atoms. The van der Waals surface area contributed by atoms with Crippen LogP contribution in [0.15, 0.2) is 36.5 Å². The first-order valence-electron chi connectivity index (χ1n) is 6.55. The number of aromatic nitrogens is 1. The number of nitrogens with two attached hydrogens (primary N) is 1. The molecule has 1 aliphatic rings. The average molecular weight is 242 g/mol. The Bertz CT molecular complexity index is 547. The van der Waals surface area contributed by atoms with E-state index in [1.807, 2.05) is 18.2 Å². The number of pyridine rings is 1. The minimum Gasteiger partial charge on any atom is -0.486 e. The van der Waals surface area contributed by atoms with Gasteiger partial charge in [0, 0.05) is 18.1 Å². The molecule has 3 heteroatoms. The lowest BCUT2D eigenvalue weighted by molar-refractivity contribution is 0.0855. The highest BCUT2D eigenvalue weighted by Crippen LogP contribution is 2.34. The number of benzene rings is 1. The summed E-state index contributed by atoms with van der Waals surface area (Å²) in [6.45, 7) is 0.595. The van der Waals surface area contributed by atoms with Gasteiger partial charge in [-0.05, 0) is 49.9 Å². The standard InChI is InChI=1S/C15H18N2O/c16-11-15(7-1-2-8-15)18-13-5-6-14-12(10-13)4-3-9-17-14/h3-6,9-10H,1-2,7-8,11,16H2. The van der Waals surface area contributed by atoms with E-state index in [2.05, 4.69) is 17.1 Å². The lowest BCUT2D eigenvalue weighted by Gasteiger charge is -2.28. The van der Waals surface area contributed by atoms with Crippen molar-refractivity contribution in [2.24, 2.45) is 5.73 Å². The van der Waals surface area contributed by atoms with Crippen molar-refractivity contribution in [3.8, 4) is 5.75 Å². The van der Waals surface area contributed by atoms with E-state index in [1.165, 1.54) is 12.8 Å². The summed E-state index contributed by atoms with van der Waals surface area (Å²) >= 11 is 0. The predicted molar refractivity (Wildman–Crippen MR) is 72.6 cm³/mol. The fraction of sp³-hybridized carbons (Fsp3) is 0.400. The van der Waals surface area contributed by atoms with Crippen molar-refractivity contribution in [2.45, 2.75) is 31.3 Å². The van der Waals surface area contributed by atoms with Crippen LogP contribution in [0.2, 0.25) is 0 Å². The molecule has 2 N–H and O–H groups in total. The van der Waals surface area contributed by atoms with Gasteiger partial charge in [0.05, 0.1) is 5.52 Å². The Morgan fingerprint density at radius 3 is 2.83 bits per heavy atom. The molecule has 1 fully saturated rings. The second kappa shape index (κ2) is 4.58. The normalized spacial score (nSPS) is 18.1. The molecule has 1 aromatic heterocycles. The van der Waals surface area contributed by atoms with Crippen LogP contribution in [0, 0.1) is 0 Å². The summed E-state index contributed by atoms with van der Waals surface area (Å²) in [7, 11) is 0. The van der Waals surface area contributed by atoms with E-state index in [4.69, 9.17) is 10.5 Å². The monoisotopic (exact) mass is 242 g/mol. The summed E-state index contributed by atoms with van der Waals surface area (Å²) < 4.78 is 6.17. The Balaban J connectivity index is 1.90. The SMILES string of the molecule is NCC1(Oc2ccc3ncccc3c2)CCCC1. The lowest BCUT2D eigenvalue weighted by atomic mass is 10.0. The van der Waals surface area contributed by atoms with E-state index in [1.54, 1.807) is 6.20 Å². The van der Waals surface area contributed by atoms with Crippen molar-refractivity contribution >= 4 is 10.9 Å². The third-order valence-electron chi connectivity index (χ3n) is 3.80. The first kappa shape index (κ1) is 11.5. The van der Waals surface area contributed by atoms with E-state index >= 15 is 0 Å². The number of hydrogen-bond acceptors (Lipinski definition) is 3. The van der Waals surface area contributed by atoms with Gasteiger partial charge >= 0.3 is 0 Å². The van der Waals surface area contributed by atoms with Crippen molar-refractivity contribution in [2.75, 3.05) is 6.54 Å². The molecule has 2 aromatic rings. The molecule has 0 amide bonds. The molecular weight excluding hydrogens is 224 g/mol. The third kappa shape index (κ3) is 2.06. The summed E-state index contributed by atoms with van der Waals surface area (Å²) in [5.74, 6) is 0.905. The lowest BCUT2D eigenvalue weighted by Crippen LogP contribution is -2.40. The largest absolute Gasteiger partial charge is 0.486 e. The Kier molecular flexibility index (Phi) is 2.92. The number of ether oxygens (including phenoxy) is 1. The molecule has 1 saturated carbocycles. The van der Waals surface area contributed by atoms with Gasteiger partial charge < -0.3 is 10.5 Å². The van der Waals surface area contributed by atoms with Crippen molar-refractivity contribution in [1.29, 1.82) is 0 Å². The third-order valence-corrected chi connectivity index (χ3v) is 3.80. The van der Waals surface area contributed by atoms with Gasteiger partial charge in [-0.3, -0.25) is 4.98 Å². The van der Waals surface area contributed by atoms with E-state index in [-0.39, 0.29) is 5.60 Å². The molecule has 1 aromatic carbocycles. The first-order chi connectivity index (χ1) is 8.81. The topological polar surface area (TPSA) is 48.1 Å². The van der Waals surface area contributed by atoms with E-state index in [0.717, 1.165) is 29.5 Å². The van der Waals surface area contributed by atoms with E-state index < -0.39 is 0 Å². The molecule has 1 aliphatic carbocycles. The molecular formula is C15H18N2O. The van der Waals surface area contributed by atoms with Gasteiger partial charge in [0.2, 0.25) is 0 Å². The Labute approximate surface area is 107 Å². The molecule has 18 heavy (non-hydrogen) atoms. The zero-order chi connectivity index (χ0) is 12.4. The van der Waals surface area contributed by atoms with Gasteiger partial charge in [0.1, 0.15) is 11.4 Å². The summed E-state index contributed by atoms with van der Waals surface area (Å²) in [5.41, 5.74) is 6.75. The van der Waals surface area contributed by atoms with Crippen LogP contribution in [-0.2, 0) is 0 Å². The number of nitrogens with zero attached hydrogens (tertiary/aromatic N) is 1. The first-order valence-corrected chi connectivity index (χ1v) is 6.55. The second-order valence-electron chi connectivity index (χ2n) is 5.05. The van der Waals surface area contributed by atoms with E-state index in [0.29, 0.717) is 6.54 Å². The summed E-state index contributed by atoms with van der Waals surface area (Å²) in [4.78, 5) is 4.31. The van der Waals surface area contributed by atoms with Gasteiger partial charge in [0.15, 0.2) is 0 Å². The highest BCUT2D eigenvalue weighted by atomic mass is 16.5. The number of rotatable bonds is 3. The van der Waals surface area contributed by atoms with Gasteiger partial charge in [-0.2, -0.15) is 0 Å². The highest BCUT2D eigenvalue weighted by molar-refractivity contribution is 5.79. The molecule has 0 unspecified atom stereocenters. The molecule has 0 bridgehead atoms. The van der Waals surface area contributed by atoms with Crippen LogP contribution >= 0.6 is 0 Å². The molecule has 3 rings (SSSR count). The van der Waals surface area contributed by atoms with Gasteiger partial charge in [-0.25, -0.2) is 0 Å². The molecule has 94 valence electrons. The minimum absolute atomic E-state index is 0.143. The van der Waals surface area contributed by atoms with Crippen LogP contribution in [-0.4, -0.2) is 17.1 Å². The van der Waals surface area contributed by atoms with Gasteiger partial charge in [-0.1, -0.05) is 6.07 Å². The predicted octanol–water partition coefficient (Wildman–Crippen LogP) is 2.89. The van der Waals surface area contributed by atoms with Gasteiger partial charge in [-0.15, -0.1) is 0 Å². The fourth-order valence-electron chi connectivity index (χ4n) is 2.73. The Hall–Kier alpha value is -1.61. The maximum absolute atomic E-state index is 6.17. The zero-order valence-corrected chi connectivity index (χ0v) is 10.4.